The highest BCUT2D eigenvalue weighted by atomic mass is 32.2. The van der Waals surface area contributed by atoms with Gasteiger partial charge in [0.25, 0.3) is 10.1 Å². The van der Waals surface area contributed by atoms with Crippen LogP contribution in [0.15, 0.2) is 23.1 Å². The van der Waals surface area contributed by atoms with Crippen LogP contribution >= 0.6 is 0 Å². The van der Waals surface area contributed by atoms with Crippen LogP contribution in [0.3, 0.4) is 0 Å². The normalized spacial score (nSPS) is 24.1. The van der Waals surface area contributed by atoms with E-state index in [1.54, 1.807) is 19.9 Å². The van der Waals surface area contributed by atoms with Gasteiger partial charge in [-0.05, 0) is 57.1 Å². The molecule has 2 rings (SSSR count). The molecule has 1 aliphatic rings. The van der Waals surface area contributed by atoms with Crippen molar-refractivity contribution in [2.24, 2.45) is 5.92 Å². The van der Waals surface area contributed by atoms with Crippen LogP contribution in [0, 0.1) is 12.8 Å². The molecule has 0 heterocycles. The van der Waals surface area contributed by atoms with Crippen molar-refractivity contribution in [3.8, 4) is 0 Å². The highest BCUT2D eigenvalue weighted by Gasteiger charge is 2.40. The first-order valence-electron chi connectivity index (χ1n) is 6.39. The van der Waals surface area contributed by atoms with Crippen LogP contribution in [0.1, 0.15) is 43.7 Å². The van der Waals surface area contributed by atoms with Crippen molar-refractivity contribution in [1.29, 1.82) is 0 Å². The summed E-state index contributed by atoms with van der Waals surface area (Å²) in [5.41, 5.74) is 0.899. The molecule has 5 heteroatoms. The molecule has 0 saturated heterocycles. The zero-order valence-corrected chi connectivity index (χ0v) is 12.2. The summed E-state index contributed by atoms with van der Waals surface area (Å²) < 4.78 is 32.1. The molecule has 2 N–H and O–H groups in total. The quantitative estimate of drug-likeness (QED) is 0.836. The summed E-state index contributed by atoms with van der Waals surface area (Å²) in [5.74, 6) is 0.264. The van der Waals surface area contributed by atoms with Crippen LogP contribution in [-0.4, -0.2) is 23.7 Å². The Balaban J connectivity index is 2.30. The van der Waals surface area contributed by atoms with Gasteiger partial charge in [-0.1, -0.05) is 17.7 Å². The number of hydrogen-bond acceptors (Lipinski definition) is 3. The van der Waals surface area contributed by atoms with E-state index in [-0.39, 0.29) is 16.7 Å². The Morgan fingerprint density at radius 1 is 1.26 bits per heavy atom. The topological polar surface area (TPSA) is 74.6 Å². The predicted octanol–water partition coefficient (Wildman–Crippen LogP) is 2.51. The lowest BCUT2D eigenvalue weighted by molar-refractivity contribution is -0.0277. The van der Waals surface area contributed by atoms with Gasteiger partial charge in [0.15, 0.2) is 0 Å². The van der Waals surface area contributed by atoms with Crippen LogP contribution < -0.4 is 0 Å². The van der Waals surface area contributed by atoms with E-state index in [0.29, 0.717) is 5.56 Å². The third-order valence-electron chi connectivity index (χ3n) is 4.02. The zero-order valence-electron chi connectivity index (χ0n) is 11.4. The SMILES string of the molecule is Cc1ccc(S(=O)(=O)O)c(C2CC(C(C)(C)O)C2)c1. The van der Waals surface area contributed by atoms with Crippen LogP contribution in [0.2, 0.25) is 0 Å². The highest BCUT2D eigenvalue weighted by molar-refractivity contribution is 7.85. The molecule has 106 valence electrons. The van der Waals surface area contributed by atoms with E-state index in [0.717, 1.165) is 18.4 Å². The molecular formula is C14H20O4S. The van der Waals surface area contributed by atoms with E-state index in [2.05, 4.69) is 0 Å². The number of aliphatic hydroxyl groups is 1. The third-order valence-corrected chi connectivity index (χ3v) is 4.95. The highest BCUT2D eigenvalue weighted by Crippen LogP contribution is 2.48. The summed E-state index contributed by atoms with van der Waals surface area (Å²) in [5, 5.41) is 9.92. The molecule has 0 spiro atoms. The third kappa shape index (κ3) is 2.99. The van der Waals surface area contributed by atoms with Gasteiger partial charge in [-0.3, -0.25) is 4.55 Å². The predicted molar refractivity (Wildman–Crippen MR) is 72.8 cm³/mol. The van der Waals surface area contributed by atoms with Gasteiger partial charge < -0.3 is 5.11 Å². The van der Waals surface area contributed by atoms with Crippen molar-refractivity contribution in [2.75, 3.05) is 0 Å². The molecule has 1 aromatic rings. The minimum absolute atomic E-state index is 0.00250. The second-order valence-corrected chi connectivity index (χ2v) is 7.43. The number of rotatable bonds is 3. The Labute approximate surface area is 114 Å². The summed E-state index contributed by atoms with van der Waals surface area (Å²) in [7, 11) is -4.19. The van der Waals surface area contributed by atoms with E-state index in [9.17, 15) is 18.1 Å². The van der Waals surface area contributed by atoms with Gasteiger partial charge in [-0.15, -0.1) is 0 Å². The van der Waals surface area contributed by atoms with Crippen molar-refractivity contribution in [2.45, 2.75) is 50.0 Å². The summed E-state index contributed by atoms with van der Waals surface area (Å²) in [6, 6.07) is 4.95. The molecule has 0 aromatic heterocycles. The van der Waals surface area contributed by atoms with Gasteiger partial charge in [0, 0.05) is 0 Å². The lowest BCUT2D eigenvalue weighted by atomic mass is 9.65. The number of benzene rings is 1. The minimum atomic E-state index is -4.19. The van der Waals surface area contributed by atoms with Crippen LogP contribution in [0.5, 0.6) is 0 Å². The summed E-state index contributed by atoms with van der Waals surface area (Å²) >= 11 is 0. The lowest BCUT2D eigenvalue weighted by Gasteiger charge is -2.43. The first kappa shape index (κ1) is 14.5. The Hall–Kier alpha value is -0.910. The van der Waals surface area contributed by atoms with Crippen molar-refractivity contribution in [3.05, 3.63) is 29.3 Å². The first-order chi connectivity index (χ1) is 8.59. The summed E-state index contributed by atoms with van der Waals surface area (Å²) in [6.07, 6.45) is 1.49. The van der Waals surface area contributed by atoms with Crippen molar-refractivity contribution < 1.29 is 18.1 Å². The van der Waals surface area contributed by atoms with Crippen molar-refractivity contribution in [1.82, 2.24) is 0 Å². The molecule has 1 aliphatic carbocycles. The molecular weight excluding hydrogens is 264 g/mol. The van der Waals surface area contributed by atoms with Crippen molar-refractivity contribution >= 4 is 10.1 Å². The standard InChI is InChI=1S/C14H20O4S/c1-9-4-5-13(19(16,17)18)12(6-9)10-7-11(8-10)14(2,3)15/h4-6,10-11,15H,7-8H2,1-3H3,(H,16,17,18). The molecule has 1 aromatic carbocycles. The monoisotopic (exact) mass is 284 g/mol. The molecule has 4 nitrogen and oxygen atoms in total. The first-order valence-corrected chi connectivity index (χ1v) is 7.83. The van der Waals surface area contributed by atoms with Gasteiger partial charge in [-0.25, -0.2) is 0 Å². The van der Waals surface area contributed by atoms with Crippen LogP contribution in [-0.2, 0) is 10.1 Å². The average Bonchev–Trinajstić information content (AvgIpc) is 2.10. The Kier molecular flexibility index (Phi) is 3.49. The Bertz CT molecular complexity index is 578. The molecule has 1 fully saturated rings. The van der Waals surface area contributed by atoms with E-state index in [4.69, 9.17) is 0 Å². The lowest BCUT2D eigenvalue weighted by Crippen LogP contribution is -2.39. The molecule has 0 radical (unpaired) electrons. The molecule has 0 unspecified atom stereocenters. The number of aryl methyl sites for hydroxylation is 1. The second kappa shape index (κ2) is 4.58. The van der Waals surface area contributed by atoms with E-state index < -0.39 is 15.7 Å². The molecule has 0 amide bonds. The largest absolute Gasteiger partial charge is 0.390 e. The number of hydrogen-bond donors (Lipinski definition) is 2. The molecule has 0 atom stereocenters. The summed E-state index contributed by atoms with van der Waals surface area (Å²) in [4.78, 5) is -0.00250. The van der Waals surface area contributed by atoms with Crippen LogP contribution in [0.4, 0.5) is 0 Å². The van der Waals surface area contributed by atoms with Gasteiger partial charge in [0.05, 0.1) is 10.5 Å². The van der Waals surface area contributed by atoms with E-state index in [1.807, 2.05) is 13.0 Å². The molecule has 1 saturated carbocycles. The fourth-order valence-corrected chi connectivity index (χ4v) is 3.43. The van der Waals surface area contributed by atoms with Crippen molar-refractivity contribution in [3.63, 3.8) is 0 Å². The second-order valence-electron chi connectivity index (χ2n) is 6.04. The van der Waals surface area contributed by atoms with Gasteiger partial charge in [0.1, 0.15) is 0 Å². The Morgan fingerprint density at radius 3 is 2.32 bits per heavy atom. The summed E-state index contributed by atoms with van der Waals surface area (Å²) in [6.45, 7) is 5.44. The van der Waals surface area contributed by atoms with E-state index in [1.165, 1.54) is 6.07 Å². The fraction of sp³-hybridized carbons (Fsp3) is 0.571. The van der Waals surface area contributed by atoms with E-state index >= 15 is 0 Å². The molecule has 0 aliphatic heterocycles. The maximum Gasteiger partial charge on any atom is 0.294 e. The zero-order chi connectivity index (χ0) is 14.4. The smallest absolute Gasteiger partial charge is 0.294 e. The average molecular weight is 284 g/mol. The minimum Gasteiger partial charge on any atom is -0.390 e. The van der Waals surface area contributed by atoms with Gasteiger partial charge in [0.2, 0.25) is 0 Å². The Morgan fingerprint density at radius 2 is 1.84 bits per heavy atom. The van der Waals surface area contributed by atoms with Gasteiger partial charge in [-0.2, -0.15) is 8.42 Å². The maximum atomic E-state index is 11.4. The van der Waals surface area contributed by atoms with Crippen LogP contribution in [0.25, 0.3) is 0 Å². The fourth-order valence-electron chi connectivity index (χ4n) is 2.67. The molecule has 19 heavy (non-hydrogen) atoms. The maximum absolute atomic E-state index is 11.4. The molecule has 0 bridgehead atoms. The van der Waals surface area contributed by atoms with Gasteiger partial charge >= 0.3 is 0 Å².